The lowest BCUT2D eigenvalue weighted by Crippen LogP contribution is -2.48. The van der Waals surface area contributed by atoms with E-state index >= 15 is 0 Å². The van der Waals surface area contributed by atoms with Gasteiger partial charge in [0, 0.05) is 37.9 Å². The molecule has 24 heavy (non-hydrogen) atoms. The number of benzene rings is 2. The Morgan fingerprint density at radius 1 is 1.04 bits per heavy atom. The van der Waals surface area contributed by atoms with Gasteiger partial charge in [-0.2, -0.15) is 0 Å². The summed E-state index contributed by atoms with van der Waals surface area (Å²) < 4.78 is 0. The van der Waals surface area contributed by atoms with Gasteiger partial charge in [0.15, 0.2) is 0 Å². The van der Waals surface area contributed by atoms with E-state index in [9.17, 15) is 15.0 Å². The van der Waals surface area contributed by atoms with Crippen molar-refractivity contribution in [1.29, 1.82) is 0 Å². The lowest BCUT2D eigenvalue weighted by atomic mass is 10.1. The number of carbonyl (C=O) groups is 1. The zero-order chi connectivity index (χ0) is 17.1. The van der Waals surface area contributed by atoms with Crippen LogP contribution < -0.4 is 4.90 Å². The number of nitrogens with zero attached hydrogens (tertiary/aromatic N) is 2. The average Bonchev–Trinajstić information content (AvgIpc) is 2.61. The van der Waals surface area contributed by atoms with E-state index in [-0.39, 0.29) is 17.4 Å². The molecule has 1 aliphatic rings. The maximum atomic E-state index is 12.6. The topological polar surface area (TPSA) is 64.0 Å². The van der Waals surface area contributed by atoms with Gasteiger partial charge >= 0.3 is 0 Å². The first-order valence-corrected chi connectivity index (χ1v) is 8.23. The monoisotopic (exact) mass is 326 g/mol. The van der Waals surface area contributed by atoms with Crippen LogP contribution in [0.1, 0.15) is 22.8 Å². The summed E-state index contributed by atoms with van der Waals surface area (Å²) in [5, 5.41) is 19.7. The Morgan fingerprint density at radius 3 is 2.42 bits per heavy atom. The summed E-state index contributed by atoms with van der Waals surface area (Å²) in [7, 11) is 0. The highest BCUT2D eigenvalue weighted by molar-refractivity contribution is 5.97. The molecule has 0 aliphatic carbocycles. The second kappa shape index (κ2) is 6.83. The number of aromatic hydroxyl groups is 2. The summed E-state index contributed by atoms with van der Waals surface area (Å²) in [4.78, 5) is 16.5. The molecule has 1 amide bonds. The van der Waals surface area contributed by atoms with Crippen LogP contribution in [0.4, 0.5) is 5.69 Å². The Hall–Kier alpha value is -2.69. The maximum Gasteiger partial charge on any atom is 0.257 e. The molecule has 3 rings (SSSR count). The number of rotatable bonds is 3. The van der Waals surface area contributed by atoms with Gasteiger partial charge < -0.3 is 20.0 Å². The summed E-state index contributed by atoms with van der Waals surface area (Å²) >= 11 is 0. The third kappa shape index (κ3) is 3.30. The first-order valence-electron chi connectivity index (χ1n) is 8.23. The second-order valence-electron chi connectivity index (χ2n) is 6.00. The molecule has 0 atom stereocenters. The van der Waals surface area contributed by atoms with Gasteiger partial charge in [-0.25, -0.2) is 0 Å². The summed E-state index contributed by atoms with van der Waals surface area (Å²) in [6, 6.07) is 12.4. The van der Waals surface area contributed by atoms with Crippen molar-refractivity contribution in [2.75, 3.05) is 31.1 Å². The summed E-state index contributed by atoms with van der Waals surface area (Å²) in [6.45, 7) is 4.58. The van der Waals surface area contributed by atoms with Gasteiger partial charge in [-0.3, -0.25) is 4.79 Å². The van der Waals surface area contributed by atoms with Crippen molar-refractivity contribution >= 4 is 11.6 Å². The fraction of sp³-hybridized carbons (Fsp3) is 0.316. The molecule has 0 aromatic heterocycles. The molecule has 2 N–H and O–H groups in total. The highest BCUT2D eigenvalue weighted by Crippen LogP contribution is 2.24. The van der Waals surface area contributed by atoms with Crippen molar-refractivity contribution in [3.05, 3.63) is 53.6 Å². The van der Waals surface area contributed by atoms with Crippen LogP contribution in [-0.2, 0) is 6.42 Å². The standard InChI is InChI=1S/C19H22N2O3/c1-2-14-6-7-17(18(23)12-14)19(24)21-10-8-20(9-11-21)15-4-3-5-16(22)13-15/h3-7,12-13,22-23H,2,8-11H2,1H3. The molecule has 0 bridgehead atoms. The van der Waals surface area contributed by atoms with Crippen LogP contribution in [0, 0.1) is 0 Å². The Balaban J connectivity index is 1.67. The Morgan fingerprint density at radius 2 is 1.79 bits per heavy atom. The predicted molar refractivity (Wildman–Crippen MR) is 93.7 cm³/mol. The van der Waals surface area contributed by atoms with E-state index in [1.807, 2.05) is 25.1 Å². The molecule has 5 nitrogen and oxygen atoms in total. The molecule has 1 fully saturated rings. The van der Waals surface area contributed by atoms with E-state index in [0.717, 1.165) is 17.7 Å². The molecule has 0 radical (unpaired) electrons. The molecule has 1 heterocycles. The molecule has 0 saturated carbocycles. The molecule has 0 spiro atoms. The lowest BCUT2D eigenvalue weighted by Gasteiger charge is -2.36. The second-order valence-corrected chi connectivity index (χ2v) is 6.00. The number of hydrogen-bond acceptors (Lipinski definition) is 4. The van der Waals surface area contributed by atoms with Crippen molar-refractivity contribution in [2.45, 2.75) is 13.3 Å². The van der Waals surface area contributed by atoms with Gasteiger partial charge in [0.1, 0.15) is 11.5 Å². The Bertz CT molecular complexity index is 737. The summed E-state index contributed by atoms with van der Waals surface area (Å²) in [5.74, 6) is 0.160. The number of anilines is 1. The van der Waals surface area contributed by atoms with Crippen LogP contribution in [0.5, 0.6) is 11.5 Å². The molecule has 2 aromatic rings. The number of hydrogen-bond donors (Lipinski definition) is 2. The normalized spacial score (nSPS) is 14.7. The molecular formula is C19H22N2O3. The highest BCUT2D eigenvalue weighted by Gasteiger charge is 2.24. The van der Waals surface area contributed by atoms with Crippen molar-refractivity contribution < 1.29 is 15.0 Å². The molecule has 126 valence electrons. The summed E-state index contributed by atoms with van der Waals surface area (Å²) in [5.41, 5.74) is 2.33. The predicted octanol–water partition coefficient (Wildman–Crippen LogP) is 2.62. The minimum Gasteiger partial charge on any atom is -0.508 e. The van der Waals surface area contributed by atoms with Crippen LogP contribution in [0.15, 0.2) is 42.5 Å². The molecule has 0 unspecified atom stereocenters. The van der Waals surface area contributed by atoms with Crippen LogP contribution in [-0.4, -0.2) is 47.2 Å². The number of phenolic OH excluding ortho intramolecular Hbond substituents is 2. The quantitative estimate of drug-likeness (QED) is 0.910. The highest BCUT2D eigenvalue weighted by atomic mass is 16.3. The first-order chi connectivity index (χ1) is 11.6. The van der Waals surface area contributed by atoms with E-state index < -0.39 is 0 Å². The fourth-order valence-electron chi connectivity index (χ4n) is 3.01. The number of phenols is 2. The molecular weight excluding hydrogens is 304 g/mol. The van der Waals surface area contributed by atoms with Gasteiger partial charge in [-0.1, -0.05) is 19.1 Å². The third-order valence-corrected chi connectivity index (χ3v) is 4.46. The number of amides is 1. The molecule has 5 heteroatoms. The van der Waals surface area contributed by atoms with Gasteiger partial charge in [0.25, 0.3) is 5.91 Å². The van der Waals surface area contributed by atoms with Gasteiger partial charge in [-0.15, -0.1) is 0 Å². The van der Waals surface area contributed by atoms with E-state index in [2.05, 4.69) is 4.90 Å². The van der Waals surface area contributed by atoms with E-state index in [1.165, 1.54) is 0 Å². The summed E-state index contributed by atoms with van der Waals surface area (Å²) in [6.07, 6.45) is 0.824. The largest absolute Gasteiger partial charge is 0.508 e. The number of piperazine rings is 1. The Labute approximate surface area is 141 Å². The molecule has 1 saturated heterocycles. The van der Waals surface area contributed by atoms with Crippen molar-refractivity contribution in [1.82, 2.24) is 4.90 Å². The van der Waals surface area contributed by atoms with Crippen LogP contribution in [0.3, 0.4) is 0 Å². The lowest BCUT2D eigenvalue weighted by molar-refractivity contribution is 0.0743. The van der Waals surface area contributed by atoms with Crippen LogP contribution in [0.2, 0.25) is 0 Å². The van der Waals surface area contributed by atoms with Crippen LogP contribution >= 0.6 is 0 Å². The minimum atomic E-state index is -0.134. The van der Waals surface area contributed by atoms with Crippen LogP contribution in [0.25, 0.3) is 0 Å². The number of aryl methyl sites for hydroxylation is 1. The van der Waals surface area contributed by atoms with E-state index in [1.54, 1.807) is 29.2 Å². The van der Waals surface area contributed by atoms with Crippen molar-refractivity contribution in [3.63, 3.8) is 0 Å². The smallest absolute Gasteiger partial charge is 0.257 e. The first kappa shape index (κ1) is 16.2. The molecule has 2 aromatic carbocycles. The van der Waals surface area contributed by atoms with Crippen molar-refractivity contribution in [3.8, 4) is 11.5 Å². The van der Waals surface area contributed by atoms with Gasteiger partial charge in [0.2, 0.25) is 0 Å². The molecule has 1 aliphatic heterocycles. The SMILES string of the molecule is CCc1ccc(C(=O)N2CCN(c3cccc(O)c3)CC2)c(O)c1. The van der Waals surface area contributed by atoms with Crippen molar-refractivity contribution in [2.24, 2.45) is 0 Å². The fourth-order valence-corrected chi connectivity index (χ4v) is 3.01. The zero-order valence-electron chi connectivity index (χ0n) is 13.8. The van der Waals surface area contributed by atoms with Gasteiger partial charge in [0.05, 0.1) is 5.56 Å². The van der Waals surface area contributed by atoms with E-state index in [4.69, 9.17) is 0 Å². The third-order valence-electron chi connectivity index (χ3n) is 4.46. The average molecular weight is 326 g/mol. The Kier molecular flexibility index (Phi) is 4.60. The zero-order valence-corrected chi connectivity index (χ0v) is 13.8. The number of carbonyl (C=O) groups excluding carboxylic acids is 1. The maximum absolute atomic E-state index is 12.6. The minimum absolute atomic E-state index is 0.0507. The van der Waals surface area contributed by atoms with Gasteiger partial charge in [-0.05, 0) is 36.2 Å². The van der Waals surface area contributed by atoms with E-state index in [0.29, 0.717) is 31.7 Å².